The van der Waals surface area contributed by atoms with Gasteiger partial charge in [0.05, 0.1) is 16.2 Å². The van der Waals surface area contributed by atoms with Gasteiger partial charge in [-0.1, -0.05) is 23.2 Å². The van der Waals surface area contributed by atoms with E-state index < -0.39 is 0 Å². The predicted octanol–water partition coefficient (Wildman–Crippen LogP) is 2.86. The SMILES string of the molecule is Fc1cc(Cl)cnc1N1CC(Cn2cc(Cl)cn2)C1. The largest absolute Gasteiger partial charge is 0.353 e. The van der Waals surface area contributed by atoms with Crippen molar-refractivity contribution in [3.63, 3.8) is 0 Å². The van der Waals surface area contributed by atoms with Crippen LogP contribution >= 0.6 is 23.2 Å². The smallest absolute Gasteiger partial charge is 0.167 e. The molecule has 0 aliphatic carbocycles. The van der Waals surface area contributed by atoms with Crippen LogP contribution in [0.3, 0.4) is 0 Å². The Bertz CT molecular complexity index is 595. The molecule has 0 saturated carbocycles. The van der Waals surface area contributed by atoms with E-state index >= 15 is 0 Å². The third-order valence-corrected chi connectivity index (χ3v) is 3.49. The fourth-order valence-electron chi connectivity index (χ4n) is 2.20. The molecule has 2 aromatic heterocycles. The minimum absolute atomic E-state index is 0.310. The lowest BCUT2D eigenvalue weighted by Gasteiger charge is -2.40. The zero-order valence-corrected chi connectivity index (χ0v) is 11.4. The summed E-state index contributed by atoms with van der Waals surface area (Å²) in [5, 5.41) is 5.06. The van der Waals surface area contributed by atoms with E-state index in [1.807, 2.05) is 4.90 Å². The highest BCUT2D eigenvalue weighted by Crippen LogP contribution is 2.27. The Kier molecular flexibility index (Phi) is 3.33. The minimum Gasteiger partial charge on any atom is -0.353 e. The lowest BCUT2D eigenvalue weighted by molar-refractivity contribution is 0.337. The Morgan fingerprint density at radius 2 is 2.05 bits per heavy atom. The molecule has 0 bridgehead atoms. The molecule has 7 heteroatoms. The number of nitrogens with zero attached hydrogens (tertiary/aromatic N) is 4. The van der Waals surface area contributed by atoms with E-state index in [1.165, 1.54) is 12.3 Å². The van der Waals surface area contributed by atoms with Crippen LogP contribution < -0.4 is 4.90 Å². The van der Waals surface area contributed by atoms with Crippen molar-refractivity contribution < 1.29 is 4.39 Å². The van der Waals surface area contributed by atoms with Crippen molar-refractivity contribution in [2.45, 2.75) is 6.54 Å². The number of pyridine rings is 1. The maximum Gasteiger partial charge on any atom is 0.167 e. The van der Waals surface area contributed by atoms with E-state index in [2.05, 4.69) is 10.1 Å². The summed E-state index contributed by atoms with van der Waals surface area (Å²) in [6, 6.07) is 1.28. The summed E-state index contributed by atoms with van der Waals surface area (Å²) >= 11 is 11.5. The highest BCUT2D eigenvalue weighted by Gasteiger charge is 2.30. The molecule has 0 N–H and O–H groups in total. The number of anilines is 1. The molecule has 2 aromatic rings. The van der Waals surface area contributed by atoms with Crippen molar-refractivity contribution in [1.29, 1.82) is 0 Å². The van der Waals surface area contributed by atoms with Gasteiger partial charge in [0, 0.05) is 37.9 Å². The second-order valence-corrected chi connectivity index (χ2v) is 5.48. The highest BCUT2D eigenvalue weighted by atomic mass is 35.5. The molecule has 3 rings (SSSR count). The van der Waals surface area contributed by atoms with Gasteiger partial charge < -0.3 is 4.90 Å². The van der Waals surface area contributed by atoms with Crippen molar-refractivity contribution in [2.75, 3.05) is 18.0 Å². The fraction of sp³-hybridized carbons (Fsp3) is 0.333. The maximum absolute atomic E-state index is 13.7. The Morgan fingerprint density at radius 3 is 2.68 bits per heavy atom. The van der Waals surface area contributed by atoms with Gasteiger partial charge in [0.1, 0.15) is 0 Å². The second kappa shape index (κ2) is 4.98. The van der Waals surface area contributed by atoms with Crippen LogP contribution in [-0.2, 0) is 6.54 Å². The lowest BCUT2D eigenvalue weighted by atomic mass is 10.0. The van der Waals surface area contributed by atoms with Crippen LogP contribution in [-0.4, -0.2) is 27.9 Å². The van der Waals surface area contributed by atoms with Gasteiger partial charge in [-0.05, 0) is 6.07 Å². The fourth-order valence-corrected chi connectivity index (χ4v) is 2.50. The monoisotopic (exact) mass is 300 g/mol. The van der Waals surface area contributed by atoms with Crippen molar-refractivity contribution in [1.82, 2.24) is 14.8 Å². The first-order chi connectivity index (χ1) is 9.11. The first-order valence-electron chi connectivity index (χ1n) is 5.86. The van der Waals surface area contributed by atoms with Gasteiger partial charge in [-0.25, -0.2) is 9.37 Å². The quantitative estimate of drug-likeness (QED) is 0.874. The van der Waals surface area contributed by atoms with Crippen molar-refractivity contribution >= 4 is 29.0 Å². The van der Waals surface area contributed by atoms with E-state index in [-0.39, 0.29) is 5.82 Å². The Labute approximate surface area is 119 Å². The standard InChI is InChI=1S/C12H11Cl2FN4/c13-9-1-11(15)12(16-2-9)18-4-8(5-18)6-19-7-10(14)3-17-19/h1-3,7-8H,4-6H2. The maximum atomic E-state index is 13.7. The first-order valence-corrected chi connectivity index (χ1v) is 6.61. The van der Waals surface area contributed by atoms with Gasteiger partial charge in [-0.3, -0.25) is 4.68 Å². The average molecular weight is 301 g/mol. The third kappa shape index (κ3) is 2.67. The normalized spacial score (nSPS) is 15.6. The Hall–Kier alpha value is -1.33. The summed E-state index contributed by atoms with van der Waals surface area (Å²) in [5.41, 5.74) is 0. The molecular formula is C12H11Cl2FN4. The number of aromatic nitrogens is 3. The molecule has 0 amide bonds. The van der Waals surface area contributed by atoms with Crippen LogP contribution in [0, 0.1) is 11.7 Å². The highest BCUT2D eigenvalue weighted by molar-refractivity contribution is 6.30. The molecule has 19 heavy (non-hydrogen) atoms. The van der Waals surface area contributed by atoms with E-state index in [0.29, 0.717) is 21.8 Å². The summed E-state index contributed by atoms with van der Waals surface area (Å²) in [7, 11) is 0. The van der Waals surface area contributed by atoms with Gasteiger partial charge in [0.2, 0.25) is 0 Å². The lowest BCUT2D eigenvalue weighted by Crippen LogP contribution is -2.49. The molecule has 1 aliphatic rings. The van der Waals surface area contributed by atoms with Crippen LogP contribution in [0.25, 0.3) is 0 Å². The minimum atomic E-state index is -0.381. The number of hydrogen-bond acceptors (Lipinski definition) is 3. The first kappa shape index (κ1) is 12.7. The molecular weight excluding hydrogens is 290 g/mol. The number of rotatable bonds is 3. The van der Waals surface area contributed by atoms with Crippen LogP contribution in [0.4, 0.5) is 10.2 Å². The van der Waals surface area contributed by atoms with Gasteiger partial charge in [0.15, 0.2) is 11.6 Å². The van der Waals surface area contributed by atoms with E-state index in [0.717, 1.165) is 19.6 Å². The summed E-state index contributed by atoms with van der Waals surface area (Å²) < 4.78 is 15.5. The van der Waals surface area contributed by atoms with Crippen LogP contribution in [0.5, 0.6) is 0 Å². The number of halogens is 3. The third-order valence-electron chi connectivity index (χ3n) is 3.09. The molecule has 0 unspecified atom stereocenters. The van der Waals surface area contributed by atoms with Crippen molar-refractivity contribution in [3.8, 4) is 0 Å². The van der Waals surface area contributed by atoms with Crippen molar-refractivity contribution in [2.24, 2.45) is 5.92 Å². The molecule has 4 nitrogen and oxygen atoms in total. The summed E-state index contributed by atoms with van der Waals surface area (Å²) in [6.45, 7) is 2.28. The van der Waals surface area contributed by atoms with Gasteiger partial charge in [0.25, 0.3) is 0 Å². The van der Waals surface area contributed by atoms with Crippen LogP contribution in [0.1, 0.15) is 0 Å². The molecule has 0 aromatic carbocycles. The summed E-state index contributed by atoms with van der Waals surface area (Å²) in [4.78, 5) is 5.91. The van der Waals surface area contributed by atoms with Crippen LogP contribution in [0.2, 0.25) is 10.0 Å². The van der Waals surface area contributed by atoms with E-state index in [9.17, 15) is 4.39 Å². The Morgan fingerprint density at radius 1 is 1.26 bits per heavy atom. The topological polar surface area (TPSA) is 34.0 Å². The molecule has 1 aliphatic heterocycles. The molecule has 0 spiro atoms. The Balaban J connectivity index is 1.60. The van der Waals surface area contributed by atoms with Gasteiger partial charge in [-0.2, -0.15) is 5.10 Å². The summed E-state index contributed by atoms with van der Waals surface area (Å²) in [5.74, 6) is 0.403. The zero-order valence-electron chi connectivity index (χ0n) is 9.93. The van der Waals surface area contributed by atoms with E-state index in [4.69, 9.17) is 23.2 Å². The van der Waals surface area contributed by atoms with Crippen LogP contribution in [0.15, 0.2) is 24.7 Å². The second-order valence-electron chi connectivity index (χ2n) is 4.61. The molecule has 1 fully saturated rings. The number of hydrogen-bond donors (Lipinski definition) is 0. The molecule has 100 valence electrons. The molecule has 1 saturated heterocycles. The molecule has 0 atom stereocenters. The average Bonchev–Trinajstić information content (AvgIpc) is 2.70. The van der Waals surface area contributed by atoms with Crippen molar-refractivity contribution in [3.05, 3.63) is 40.5 Å². The van der Waals surface area contributed by atoms with Gasteiger partial charge in [-0.15, -0.1) is 0 Å². The predicted molar refractivity (Wildman–Crippen MR) is 72.1 cm³/mol. The molecule has 0 radical (unpaired) electrons. The zero-order chi connectivity index (χ0) is 13.4. The summed E-state index contributed by atoms with van der Waals surface area (Å²) in [6.07, 6.45) is 4.85. The molecule has 3 heterocycles. The van der Waals surface area contributed by atoms with Gasteiger partial charge >= 0.3 is 0 Å². The van der Waals surface area contributed by atoms with E-state index in [1.54, 1.807) is 17.1 Å².